The second-order valence-electron chi connectivity index (χ2n) is 6.12. The predicted molar refractivity (Wildman–Crippen MR) is 99.0 cm³/mol. The van der Waals surface area contributed by atoms with E-state index in [1.54, 1.807) is 12.4 Å². The lowest BCUT2D eigenvalue weighted by atomic mass is 10.0. The first-order chi connectivity index (χ1) is 11.5. The number of sulfone groups is 1. The lowest BCUT2D eigenvalue weighted by Crippen LogP contribution is -2.25. The minimum Gasteiger partial charge on any atom is -0.324 e. The molecule has 1 N–H and O–H groups in total. The Labute approximate surface area is 151 Å². The first-order valence-corrected chi connectivity index (χ1v) is 10.6. The van der Waals surface area contributed by atoms with E-state index >= 15 is 0 Å². The Bertz CT molecular complexity index is 788. The third kappa shape index (κ3) is 4.54. The highest BCUT2D eigenvalue weighted by atomic mass is 79.9. The lowest BCUT2D eigenvalue weighted by molar-refractivity contribution is 0.483. The molecule has 1 aromatic carbocycles. The standard InChI is InChI=1S/C17H20BrN3O2S/c18-14-10-19-17(20-11-14)21-15-6-4-5-13(9-15)12-24(22,23)16-7-2-1-3-8-16/h4-6,9-11,16H,1-3,7-8,12H2,(H,19,20,21). The molecule has 2 aromatic rings. The van der Waals surface area contributed by atoms with Gasteiger partial charge in [0.2, 0.25) is 5.95 Å². The van der Waals surface area contributed by atoms with Gasteiger partial charge in [-0.2, -0.15) is 0 Å². The molecule has 3 rings (SSSR count). The molecule has 0 bridgehead atoms. The number of nitrogens with zero attached hydrogens (tertiary/aromatic N) is 2. The topological polar surface area (TPSA) is 72.0 Å². The van der Waals surface area contributed by atoms with Crippen LogP contribution in [0.4, 0.5) is 11.6 Å². The third-order valence-electron chi connectivity index (χ3n) is 4.23. The molecule has 0 radical (unpaired) electrons. The second kappa shape index (κ2) is 7.61. The first-order valence-electron chi connectivity index (χ1n) is 8.08. The molecule has 0 aliphatic heterocycles. The van der Waals surface area contributed by atoms with Crippen LogP contribution in [0.1, 0.15) is 37.7 Å². The van der Waals surface area contributed by atoms with Crippen LogP contribution in [0.25, 0.3) is 0 Å². The number of benzene rings is 1. The van der Waals surface area contributed by atoms with Crippen molar-refractivity contribution in [2.45, 2.75) is 43.1 Å². The Morgan fingerprint density at radius 3 is 2.54 bits per heavy atom. The molecular weight excluding hydrogens is 390 g/mol. The summed E-state index contributed by atoms with van der Waals surface area (Å²) in [7, 11) is -3.10. The van der Waals surface area contributed by atoms with Crippen molar-refractivity contribution in [1.82, 2.24) is 9.97 Å². The van der Waals surface area contributed by atoms with Gasteiger partial charge in [-0.05, 0) is 46.5 Å². The molecule has 0 spiro atoms. The molecule has 1 aliphatic rings. The maximum absolute atomic E-state index is 12.6. The fourth-order valence-corrected chi connectivity index (χ4v) is 5.16. The van der Waals surface area contributed by atoms with Gasteiger partial charge in [-0.25, -0.2) is 18.4 Å². The number of hydrogen-bond donors (Lipinski definition) is 1. The molecule has 1 aliphatic carbocycles. The Balaban J connectivity index is 1.71. The molecule has 5 nitrogen and oxygen atoms in total. The summed E-state index contributed by atoms with van der Waals surface area (Å²) in [5, 5.41) is 2.92. The Kier molecular flexibility index (Phi) is 5.50. The van der Waals surface area contributed by atoms with Gasteiger partial charge < -0.3 is 5.32 Å². The van der Waals surface area contributed by atoms with E-state index in [1.807, 2.05) is 24.3 Å². The molecule has 7 heteroatoms. The molecule has 0 amide bonds. The van der Waals surface area contributed by atoms with E-state index in [-0.39, 0.29) is 11.0 Å². The maximum Gasteiger partial charge on any atom is 0.227 e. The highest BCUT2D eigenvalue weighted by molar-refractivity contribution is 9.10. The smallest absolute Gasteiger partial charge is 0.227 e. The molecule has 1 heterocycles. The minimum absolute atomic E-state index is 0.0916. The van der Waals surface area contributed by atoms with E-state index in [0.29, 0.717) is 5.95 Å². The molecule has 1 fully saturated rings. The van der Waals surface area contributed by atoms with Crippen molar-refractivity contribution in [3.63, 3.8) is 0 Å². The van der Waals surface area contributed by atoms with E-state index in [2.05, 4.69) is 31.2 Å². The van der Waals surface area contributed by atoms with Gasteiger partial charge >= 0.3 is 0 Å². The van der Waals surface area contributed by atoms with Crippen LogP contribution in [0, 0.1) is 0 Å². The van der Waals surface area contributed by atoms with Gasteiger partial charge in [0.25, 0.3) is 0 Å². The van der Waals surface area contributed by atoms with Gasteiger partial charge in [-0.1, -0.05) is 31.4 Å². The van der Waals surface area contributed by atoms with E-state index in [4.69, 9.17) is 0 Å². The summed E-state index contributed by atoms with van der Waals surface area (Å²) in [4.78, 5) is 8.33. The molecule has 24 heavy (non-hydrogen) atoms. The van der Waals surface area contributed by atoms with Crippen molar-refractivity contribution >= 4 is 37.4 Å². The first kappa shape index (κ1) is 17.4. The van der Waals surface area contributed by atoms with Crippen LogP contribution >= 0.6 is 15.9 Å². The van der Waals surface area contributed by atoms with Crippen molar-refractivity contribution in [2.75, 3.05) is 5.32 Å². The molecular formula is C17H20BrN3O2S. The van der Waals surface area contributed by atoms with E-state index in [1.165, 1.54) is 0 Å². The summed E-state index contributed by atoms with van der Waals surface area (Å²) in [5.74, 6) is 0.569. The van der Waals surface area contributed by atoms with Gasteiger partial charge in [-0.3, -0.25) is 0 Å². The highest BCUT2D eigenvalue weighted by Gasteiger charge is 2.27. The van der Waals surface area contributed by atoms with Crippen molar-refractivity contribution in [3.8, 4) is 0 Å². The van der Waals surface area contributed by atoms with Crippen LogP contribution < -0.4 is 5.32 Å². The Morgan fingerprint density at radius 1 is 1.12 bits per heavy atom. The minimum atomic E-state index is -3.10. The number of aromatic nitrogens is 2. The molecule has 0 atom stereocenters. The van der Waals surface area contributed by atoms with Crippen LogP contribution in [0.2, 0.25) is 0 Å². The van der Waals surface area contributed by atoms with Crippen molar-refractivity contribution in [1.29, 1.82) is 0 Å². The summed E-state index contributed by atoms with van der Waals surface area (Å²) in [5.41, 5.74) is 1.58. The summed E-state index contributed by atoms with van der Waals surface area (Å²) in [6.45, 7) is 0. The summed E-state index contributed by atoms with van der Waals surface area (Å²) in [6.07, 6.45) is 8.11. The SMILES string of the molecule is O=S(=O)(Cc1cccc(Nc2ncc(Br)cn2)c1)C1CCCCC1. The van der Waals surface area contributed by atoms with Crippen LogP contribution in [0.15, 0.2) is 41.1 Å². The quantitative estimate of drug-likeness (QED) is 0.799. The predicted octanol–water partition coefficient (Wildman–Crippen LogP) is 4.23. The average molecular weight is 410 g/mol. The Morgan fingerprint density at radius 2 is 1.83 bits per heavy atom. The molecule has 0 saturated heterocycles. The zero-order chi connectivity index (χ0) is 17.0. The summed E-state index contributed by atoms with van der Waals surface area (Å²) >= 11 is 3.29. The normalized spacial score (nSPS) is 16.0. The van der Waals surface area contributed by atoms with Crippen molar-refractivity contribution < 1.29 is 8.42 Å². The summed E-state index contributed by atoms with van der Waals surface area (Å²) in [6, 6.07) is 7.44. The van der Waals surface area contributed by atoms with Gasteiger partial charge in [-0.15, -0.1) is 0 Å². The largest absolute Gasteiger partial charge is 0.324 e. The fraction of sp³-hybridized carbons (Fsp3) is 0.412. The zero-order valence-electron chi connectivity index (χ0n) is 13.3. The highest BCUT2D eigenvalue weighted by Crippen LogP contribution is 2.27. The molecule has 128 valence electrons. The number of hydrogen-bond acceptors (Lipinski definition) is 5. The van der Waals surface area contributed by atoms with E-state index < -0.39 is 9.84 Å². The number of nitrogens with one attached hydrogen (secondary N) is 1. The number of anilines is 2. The van der Waals surface area contributed by atoms with Crippen molar-refractivity contribution in [3.05, 3.63) is 46.7 Å². The van der Waals surface area contributed by atoms with Gasteiger partial charge in [0, 0.05) is 18.1 Å². The third-order valence-corrected chi connectivity index (χ3v) is 6.86. The number of halogens is 1. The average Bonchev–Trinajstić information content (AvgIpc) is 2.58. The van der Waals surface area contributed by atoms with E-state index in [0.717, 1.165) is 47.8 Å². The molecule has 0 unspecified atom stereocenters. The molecule has 1 aromatic heterocycles. The summed E-state index contributed by atoms with van der Waals surface area (Å²) < 4.78 is 26.0. The van der Waals surface area contributed by atoms with Gasteiger partial charge in [0.15, 0.2) is 9.84 Å². The van der Waals surface area contributed by atoms with Crippen LogP contribution in [-0.2, 0) is 15.6 Å². The van der Waals surface area contributed by atoms with Crippen LogP contribution in [-0.4, -0.2) is 23.6 Å². The van der Waals surface area contributed by atoms with Gasteiger partial charge in [0.05, 0.1) is 15.5 Å². The monoisotopic (exact) mass is 409 g/mol. The zero-order valence-corrected chi connectivity index (χ0v) is 15.7. The second-order valence-corrected chi connectivity index (χ2v) is 9.31. The fourth-order valence-electron chi connectivity index (χ4n) is 3.02. The lowest BCUT2D eigenvalue weighted by Gasteiger charge is -2.21. The maximum atomic E-state index is 12.6. The Hall–Kier alpha value is -1.47. The molecule has 1 saturated carbocycles. The van der Waals surface area contributed by atoms with E-state index in [9.17, 15) is 8.42 Å². The van der Waals surface area contributed by atoms with Gasteiger partial charge in [0.1, 0.15) is 0 Å². The van der Waals surface area contributed by atoms with Crippen LogP contribution in [0.3, 0.4) is 0 Å². The van der Waals surface area contributed by atoms with Crippen molar-refractivity contribution in [2.24, 2.45) is 0 Å². The number of rotatable bonds is 5. The van der Waals surface area contributed by atoms with Crippen LogP contribution in [0.5, 0.6) is 0 Å².